The highest BCUT2D eigenvalue weighted by Gasteiger charge is 2.27. The first-order chi connectivity index (χ1) is 22.3. The van der Waals surface area contributed by atoms with Gasteiger partial charge in [0.15, 0.2) is 11.5 Å². The van der Waals surface area contributed by atoms with Crippen LogP contribution in [0.4, 0.5) is 0 Å². The van der Waals surface area contributed by atoms with E-state index in [2.05, 4.69) is 66.7 Å². The third-order valence-electron chi connectivity index (χ3n) is 8.27. The molecule has 0 bridgehead atoms. The molecule has 47 heavy (non-hydrogen) atoms. The molecule has 0 saturated heterocycles. The fourth-order valence-electron chi connectivity index (χ4n) is 5.23. The molecule has 0 unspecified atom stereocenters. The van der Waals surface area contributed by atoms with Gasteiger partial charge in [0.25, 0.3) is 0 Å². The zero-order chi connectivity index (χ0) is 35.4. The molecule has 5 heteroatoms. The standard InChI is InChI=1S/C21H30O3.C21H32O2/c1-5-6-7-11-17-14-19(22)18(21(24)20(17)23)13-12-16(4)10-8-9-15(2)3;1-5-6-7-11-18-14-20(22)19(21(23)15-18)13-12-17(4)10-8-9-16(2)3/h9,12,14,24H,5-8,10-11,13H2,1-4H3;9,12,14-15,22-23H,5-8,10-11,13H2,1-4H3/b16-12+;17-12+. The summed E-state index contributed by atoms with van der Waals surface area (Å²) >= 11 is 0. The third-order valence-corrected chi connectivity index (χ3v) is 8.27. The summed E-state index contributed by atoms with van der Waals surface area (Å²) in [5.41, 5.74) is 7.38. The second kappa shape index (κ2) is 22.8. The average molecular weight is 647 g/mol. The van der Waals surface area contributed by atoms with Crippen molar-refractivity contribution in [3.8, 4) is 11.5 Å². The van der Waals surface area contributed by atoms with E-state index in [4.69, 9.17) is 0 Å². The second-order valence-electron chi connectivity index (χ2n) is 13.4. The highest BCUT2D eigenvalue weighted by molar-refractivity contribution is 6.21. The number of aliphatic hydroxyl groups is 1. The molecule has 1 aliphatic carbocycles. The highest BCUT2D eigenvalue weighted by atomic mass is 16.3. The summed E-state index contributed by atoms with van der Waals surface area (Å²) in [5.74, 6) is -0.541. The van der Waals surface area contributed by atoms with Crippen molar-refractivity contribution in [1.82, 2.24) is 0 Å². The number of allylic oxidation sites excluding steroid dienone is 11. The van der Waals surface area contributed by atoms with Crippen molar-refractivity contribution in [2.24, 2.45) is 0 Å². The number of hydrogen-bond acceptors (Lipinski definition) is 5. The number of Topliss-reactive ketones (excluding diaryl/α,β-unsaturated/α-hetero) is 1. The minimum absolute atomic E-state index is 0.213. The Bertz CT molecular complexity index is 1330. The van der Waals surface area contributed by atoms with Gasteiger partial charge in [0.05, 0.1) is 0 Å². The van der Waals surface area contributed by atoms with E-state index < -0.39 is 0 Å². The summed E-state index contributed by atoms with van der Waals surface area (Å²) in [5, 5.41) is 30.5. The van der Waals surface area contributed by atoms with Crippen molar-refractivity contribution in [3.05, 3.63) is 92.8 Å². The monoisotopic (exact) mass is 646 g/mol. The van der Waals surface area contributed by atoms with Gasteiger partial charge in [-0.3, -0.25) is 9.59 Å². The number of carbonyl (C=O) groups excluding carboxylic acids is 2. The summed E-state index contributed by atoms with van der Waals surface area (Å²) in [6, 6.07) is 3.61. The summed E-state index contributed by atoms with van der Waals surface area (Å²) in [6.07, 6.45) is 22.5. The summed E-state index contributed by atoms with van der Waals surface area (Å²) in [6.45, 7) is 16.7. The number of benzene rings is 1. The first-order valence-corrected chi connectivity index (χ1v) is 17.6. The Kier molecular flexibility index (Phi) is 20.1. The number of aryl methyl sites for hydroxylation is 1. The maximum Gasteiger partial charge on any atom is 0.223 e. The zero-order valence-corrected chi connectivity index (χ0v) is 30.6. The van der Waals surface area contributed by atoms with Crippen LogP contribution >= 0.6 is 0 Å². The molecule has 5 nitrogen and oxygen atoms in total. The number of phenols is 2. The van der Waals surface area contributed by atoms with Crippen LogP contribution in [0.25, 0.3) is 0 Å². The zero-order valence-electron chi connectivity index (χ0n) is 30.6. The Morgan fingerprint density at radius 2 is 1.15 bits per heavy atom. The number of ketones is 2. The normalized spacial score (nSPS) is 13.7. The van der Waals surface area contributed by atoms with Crippen LogP contribution < -0.4 is 0 Å². The summed E-state index contributed by atoms with van der Waals surface area (Å²) < 4.78 is 0. The van der Waals surface area contributed by atoms with Crippen LogP contribution in [-0.4, -0.2) is 26.9 Å². The second-order valence-corrected chi connectivity index (χ2v) is 13.4. The van der Waals surface area contributed by atoms with Crippen molar-refractivity contribution < 1.29 is 24.9 Å². The minimum Gasteiger partial charge on any atom is -0.508 e. The quantitative estimate of drug-likeness (QED) is 0.0838. The molecule has 0 saturated carbocycles. The predicted molar refractivity (Wildman–Crippen MR) is 198 cm³/mol. The van der Waals surface area contributed by atoms with Crippen molar-refractivity contribution in [2.45, 2.75) is 145 Å². The predicted octanol–water partition coefficient (Wildman–Crippen LogP) is 11.6. The summed E-state index contributed by atoms with van der Waals surface area (Å²) in [7, 11) is 0. The van der Waals surface area contributed by atoms with Gasteiger partial charge in [-0.05, 0) is 130 Å². The molecular weight excluding hydrogens is 584 g/mol. The fraction of sp³-hybridized carbons (Fsp3) is 0.524. The molecule has 3 N–H and O–H groups in total. The molecule has 0 radical (unpaired) electrons. The van der Waals surface area contributed by atoms with E-state index in [1.165, 1.54) is 35.6 Å². The Labute approximate surface area is 285 Å². The Morgan fingerprint density at radius 3 is 1.64 bits per heavy atom. The molecule has 0 aromatic heterocycles. The van der Waals surface area contributed by atoms with Crippen LogP contribution in [0.15, 0.2) is 81.7 Å². The van der Waals surface area contributed by atoms with Gasteiger partial charge in [0.2, 0.25) is 5.78 Å². The molecule has 1 aromatic rings. The lowest BCUT2D eigenvalue weighted by atomic mass is 9.90. The first-order valence-electron chi connectivity index (χ1n) is 17.6. The lowest BCUT2D eigenvalue weighted by Gasteiger charge is -2.14. The topological polar surface area (TPSA) is 94.8 Å². The van der Waals surface area contributed by atoms with Crippen LogP contribution in [-0.2, 0) is 22.4 Å². The molecule has 0 aliphatic heterocycles. The average Bonchev–Trinajstić information content (AvgIpc) is 2.99. The maximum atomic E-state index is 12.2. The Balaban J connectivity index is 0.000000470. The van der Waals surface area contributed by atoms with Crippen molar-refractivity contribution >= 4 is 11.6 Å². The van der Waals surface area contributed by atoms with E-state index >= 15 is 0 Å². The molecule has 260 valence electrons. The van der Waals surface area contributed by atoms with E-state index in [0.29, 0.717) is 30.4 Å². The lowest BCUT2D eigenvalue weighted by Crippen LogP contribution is -2.19. The van der Waals surface area contributed by atoms with E-state index in [9.17, 15) is 24.9 Å². The maximum absolute atomic E-state index is 12.2. The van der Waals surface area contributed by atoms with Crippen LogP contribution in [0, 0.1) is 0 Å². The molecule has 2 rings (SSSR count). The number of unbranched alkanes of at least 4 members (excludes halogenated alkanes) is 4. The smallest absolute Gasteiger partial charge is 0.223 e. The molecule has 1 aromatic carbocycles. The minimum atomic E-state index is -0.378. The van der Waals surface area contributed by atoms with Crippen LogP contribution in [0.5, 0.6) is 11.5 Å². The van der Waals surface area contributed by atoms with Crippen molar-refractivity contribution in [1.29, 1.82) is 0 Å². The molecule has 0 amide bonds. The molecular formula is C42H62O5. The molecule has 0 heterocycles. The Hall–Kier alpha value is -3.60. The number of aliphatic hydroxyl groups excluding tert-OH is 1. The fourth-order valence-corrected chi connectivity index (χ4v) is 5.23. The molecule has 0 spiro atoms. The SMILES string of the molecule is CCCCCC1=CC(=O)C(C/C=C(\C)CCC=C(C)C)=C(O)C1=O.CCCCCc1cc(O)c(C/C=C(\C)CCC=C(C)C)c(O)c1. The molecule has 0 fully saturated rings. The number of hydrogen-bond donors (Lipinski definition) is 3. The van der Waals surface area contributed by atoms with E-state index in [0.717, 1.165) is 68.9 Å². The molecule has 1 aliphatic rings. The number of carbonyl (C=O) groups is 2. The van der Waals surface area contributed by atoms with Gasteiger partial charge in [0, 0.05) is 16.7 Å². The third kappa shape index (κ3) is 16.7. The highest BCUT2D eigenvalue weighted by Crippen LogP contribution is 2.31. The van der Waals surface area contributed by atoms with E-state index in [1.54, 1.807) is 12.1 Å². The largest absolute Gasteiger partial charge is 0.508 e. The van der Waals surface area contributed by atoms with Crippen molar-refractivity contribution in [2.75, 3.05) is 0 Å². The van der Waals surface area contributed by atoms with Gasteiger partial charge >= 0.3 is 0 Å². The summed E-state index contributed by atoms with van der Waals surface area (Å²) in [4.78, 5) is 24.4. The van der Waals surface area contributed by atoms with Crippen LogP contribution in [0.1, 0.15) is 144 Å². The van der Waals surface area contributed by atoms with Gasteiger partial charge in [-0.25, -0.2) is 0 Å². The first kappa shape index (κ1) is 41.4. The van der Waals surface area contributed by atoms with Gasteiger partial charge in [0.1, 0.15) is 11.5 Å². The van der Waals surface area contributed by atoms with E-state index in [-0.39, 0.29) is 34.4 Å². The van der Waals surface area contributed by atoms with Gasteiger partial charge < -0.3 is 15.3 Å². The van der Waals surface area contributed by atoms with Crippen molar-refractivity contribution in [3.63, 3.8) is 0 Å². The van der Waals surface area contributed by atoms with Gasteiger partial charge in [-0.15, -0.1) is 0 Å². The number of phenolic OH excluding ortho intramolecular Hbond substituents is 2. The van der Waals surface area contributed by atoms with E-state index in [1.807, 2.05) is 13.0 Å². The van der Waals surface area contributed by atoms with Crippen LogP contribution in [0.2, 0.25) is 0 Å². The van der Waals surface area contributed by atoms with Crippen LogP contribution in [0.3, 0.4) is 0 Å². The van der Waals surface area contributed by atoms with Gasteiger partial charge in [-0.2, -0.15) is 0 Å². The number of rotatable bonds is 18. The van der Waals surface area contributed by atoms with Gasteiger partial charge in [-0.1, -0.05) is 86.1 Å². The number of aromatic hydroxyl groups is 2. The molecule has 0 atom stereocenters. The Morgan fingerprint density at radius 1 is 0.660 bits per heavy atom. The lowest BCUT2D eigenvalue weighted by molar-refractivity contribution is -0.118.